The third-order valence-electron chi connectivity index (χ3n) is 2.74. The molecule has 0 aliphatic heterocycles. The zero-order chi connectivity index (χ0) is 14.8. The summed E-state index contributed by atoms with van der Waals surface area (Å²) in [5.74, 6) is 0. The molecule has 1 rings (SSSR count). The van der Waals surface area contributed by atoms with Crippen LogP contribution in [0.3, 0.4) is 0 Å². The lowest BCUT2D eigenvalue weighted by Gasteiger charge is -2.04. The SMILES string of the molecule is FC(F)CCC[Si]c1ccc([Si]CCCC(F)F)cc1. The molecule has 0 heterocycles. The van der Waals surface area contributed by atoms with E-state index in [1.54, 1.807) is 0 Å². The second-order valence-electron chi connectivity index (χ2n) is 4.50. The Morgan fingerprint density at radius 2 is 1.05 bits per heavy atom. The summed E-state index contributed by atoms with van der Waals surface area (Å²) in [6, 6.07) is 9.71. The molecule has 6 heteroatoms. The topological polar surface area (TPSA) is 0 Å². The van der Waals surface area contributed by atoms with Gasteiger partial charge in [-0.05, 0) is 0 Å². The Bertz CT molecular complexity index is 320. The quantitative estimate of drug-likeness (QED) is 0.353. The Morgan fingerprint density at radius 3 is 1.35 bits per heavy atom. The van der Waals surface area contributed by atoms with Gasteiger partial charge in [-0.3, -0.25) is 0 Å². The number of alkyl halides is 4. The van der Waals surface area contributed by atoms with Crippen molar-refractivity contribution in [1.82, 2.24) is 0 Å². The zero-order valence-corrected chi connectivity index (χ0v) is 13.2. The monoisotopic (exact) mass is 318 g/mol. The van der Waals surface area contributed by atoms with E-state index < -0.39 is 12.9 Å². The fourth-order valence-electron chi connectivity index (χ4n) is 1.68. The van der Waals surface area contributed by atoms with E-state index in [9.17, 15) is 17.6 Å². The Morgan fingerprint density at radius 1 is 0.700 bits per heavy atom. The summed E-state index contributed by atoms with van der Waals surface area (Å²) in [7, 11) is 1.14. The normalized spacial score (nSPS) is 11.5. The largest absolute Gasteiger partial charge is 0.238 e. The Labute approximate surface area is 122 Å². The third-order valence-corrected chi connectivity index (χ3v) is 5.43. The van der Waals surface area contributed by atoms with E-state index in [2.05, 4.69) is 0 Å². The van der Waals surface area contributed by atoms with E-state index in [0.29, 0.717) is 31.9 Å². The Balaban J connectivity index is 2.19. The van der Waals surface area contributed by atoms with Crippen molar-refractivity contribution < 1.29 is 17.6 Å². The first-order valence-corrected chi connectivity index (χ1v) is 9.13. The molecule has 0 N–H and O–H groups in total. The number of rotatable bonds is 10. The minimum atomic E-state index is -2.20. The predicted octanol–water partition coefficient (Wildman–Crippen LogP) is 3.27. The van der Waals surface area contributed by atoms with E-state index in [1.165, 1.54) is 10.4 Å². The average molecular weight is 318 g/mol. The molecule has 4 radical (unpaired) electrons. The van der Waals surface area contributed by atoms with Crippen LogP contribution in [0, 0.1) is 0 Å². The molecule has 1 aromatic rings. The van der Waals surface area contributed by atoms with Crippen molar-refractivity contribution in [2.24, 2.45) is 0 Å². The molecule has 0 spiro atoms. The van der Waals surface area contributed by atoms with Gasteiger partial charge >= 0.3 is 0 Å². The summed E-state index contributed by atoms with van der Waals surface area (Å²) in [5.41, 5.74) is 0. The van der Waals surface area contributed by atoms with Crippen molar-refractivity contribution in [3.63, 3.8) is 0 Å². The molecule has 1 aromatic carbocycles. The van der Waals surface area contributed by atoms with Gasteiger partial charge in [0.25, 0.3) is 0 Å². The Kier molecular flexibility index (Phi) is 8.84. The van der Waals surface area contributed by atoms with Gasteiger partial charge in [0.2, 0.25) is 12.9 Å². The van der Waals surface area contributed by atoms with E-state index in [1.807, 2.05) is 24.3 Å². The van der Waals surface area contributed by atoms with E-state index in [-0.39, 0.29) is 12.8 Å². The molecule has 0 atom stereocenters. The van der Waals surface area contributed by atoms with Gasteiger partial charge in [0.05, 0.1) is 19.0 Å². The van der Waals surface area contributed by atoms with Crippen molar-refractivity contribution in [2.45, 2.75) is 50.6 Å². The van der Waals surface area contributed by atoms with Crippen LogP contribution in [-0.2, 0) is 0 Å². The molecule has 0 saturated carbocycles. The minimum absolute atomic E-state index is 0.0173. The van der Waals surface area contributed by atoms with E-state index in [4.69, 9.17) is 0 Å². The van der Waals surface area contributed by atoms with Gasteiger partial charge in [0.15, 0.2) is 0 Å². The van der Waals surface area contributed by atoms with Gasteiger partial charge in [-0.15, -0.1) is 0 Å². The van der Waals surface area contributed by atoms with Crippen LogP contribution in [0.5, 0.6) is 0 Å². The number of hydrogen-bond acceptors (Lipinski definition) is 0. The van der Waals surface area contributed by atoms with Crippen molar-refractivity contribution in [1.29, 1.82) is 0 Å². The molecule has 0 bridgehead atoms. The maximum absolute atomic E-state index is 12.0. The van der Waals surface area contributed by atoms with Crippen LogP contribution >= 0.6 is 0 Å². The number of hydrogen-bond donors (Lipinski definition) is 0. The molecule has 0 nitrogen and oxygen atoms in total. The third kappa shape index (κ3) is 8.53. The van der Waals surface area contributed by atoms with Crippen LogP contribution < -0.4 is 10.4 Å². The molecule has 110 valence electrons. The maximum Gasteiger partial charge on any atom is 0.238 e. The lowest BCUT2D eigenvalue weighted by Crippen LogP contribution is -2.20. The molecule has 20 heavy (non-hydrogen) atoms. The second-order valence-corrected chi connectivity index (χ2v) is 7.36. The number of halogens is 4. The molecular weight excluding hydrogens is 300 g/mol. The summed E-state index contributed by atoms with van der Waals surface area (Å²) in [4.78, 5) is 0. The van der Waals surface area contributed by atoms with Crippen LogP contribution in [0.1, 0.15) is 25.7 Å². The van der Waals surface area contributed by atoms with Crippen molar-refractivity contribution in [3.05, 3.63) is 24.3 Å². The van der Waals surface area contributed by atoms with Crippen molar-refractivity contribution in [3.8, 4) is 0 Å². The summed E-state index contributed by atoms with van der Waals surface area (Å²) >= 11 is 0. The smallest absolute Gasteiger partial charge is 0.211 e. The molecule has 0 amide bonds. The molecule has 0 unspecified atom stereocenters. The molecule has 0 saturated heterocycles. The molecular formula is C14H18F4Si2. The van der Waals surface area contributed by atoms with Gasteiger partial charge in [-0.25, -0.2) is 17.6 Å². The second kappa shape index (κ2) is 10.2. The van der Waals surface area contributed by atoms with Gasteiger partial charge < -0.3 is 0 Å². The van der Waals surface area contributed by atoms with E-state index >= 15 is 0 Å². The van der Waals surface area contributed by atoms with Gasteiger partial charge in [0, 0.05) is 12.8 Å². The average Bonchev–Trinajstić information content (AvgIpc) is 2.41. The van der Waals surface area contributed by atoms with Gasteiger partial charge in [-0.1, -0.05) is 59.6 Å². The summed E-state index contributed by atoms with van der Waals surface area (Å²) in [6.07, 6.45) is -3.30. The maximum atomic E-state index is 12.0. The summed E-state index contributed by atoms with van der Waals surface area (Å²) < 4.78 is 47.9. The molecule has 0 aliphatic carbocycles. The summed E-state index contributed by atoms with van der Waals surface area (Å²) in [5, 5.41) is 2.36. The predicted molar refractivity (Wildman–Crippen MR) is 77.3 cm³/mol. The lowest BCUT2D eigenvalue weighted by molar-refractivity contribution is 0.136. The van der Waals surface area contributed by atoms with Crippen molar-refractivity contribution in [2.75, 3.05) is 0 Å². The standard InChI is InChI=1S/C14H18F4Si2/c15-13(16)3-1-9-19-11-5-7-12(8-6-11)20-10-2-4-14(17)18/h5-8,13-14H,1-4,9-10H2. The van der Waals surface area contributed by atoms with Crippen LogP contribution in [-0.4, -0.2) is 31.9 Å². The van der Waals surface area contributed by atoms with Crippen molar-refractivity contribution >= 4 is 29.4 Å². The van der Waals surface area contributed by atoms with Crippen LogP contribution in [0.25, 0.3) is 0 Å². The fourth-order valence-corrected chi connectivity index (χ4v) is 3.83. The molecule has 0 fully saturated rings. The first-order chi connectivity index (χ1) is 9.58. The number of benzene rings is 1. The first kappa shape index (κ1) is 17.4. The molecule has 0 aliphatic rings. The zero-order valence-electron chi connectivity index (χ0n) is 11.2. The lowest BCUT2D eigenvalue weighted by atomic mass is 10.3. The van der Waals surface area contributed by atoms with Crippen LogP contribution in [0.15, 0.2) is 24.3 Å². The van der Waals surface area contributed by atoms with E-state index in [0.717, 1.165) is 12.1 Å². The van der Waals surface area contributed by atoms with Crippen LogP contribution in [0.4, 0.5) is 17.6 Å². The van der Waals surface area contributed by atoms with Crippen LogP contribution in [0.2, 0.25) is 12.1 Å². The van der Waals surface area contributed by atoms with Gasteiger partial charge in [-0.2, -0.15) is 0 Å². The highest BCUT2D eigenvalue weighted by Gasteiger charge is 2.04. The van der Waals surface area contributed by atoms with Gasteiger partial charge in [0.1, 0.15) is 0 Å². The molecule has 0 aromatic heterocycles. The highest BCUT2D eigenvalue weighted by atomic mass is 28.2. The minimum Gasteiger partial charge on any atom is -0.211 e. The Hall–Kier alpha value is -0.626. The fraction of sp³-hybridized carbons (Fsp3) is 0.571. The highest BCUT2D eigenvalue weighted by molar-refractivity contribution is 6.55. The highest BCUT2D eigenvalue weighted by Crippen LogP contribution is 2.06. The summed E-state index contributed by atoms with van der Waals surface area (Å²) in [6.45, 7) is 0. The first-order valence-electron chi connectivity index (χ1n) is 6.72.